The zero-order chi connectivity index (χ0) is 14.7. The van der Waals surface area contributed by atoms with Gasteiger partial charge >= 0.3 is 0 Å². The van der Waals surface area contributed by atoms with Crippen molar-refractivity contribution in [1.82, 2.24) is 0 Å². The van der Waals surface area contributed by atoms with Crippen molar-refractivity contribution in [1.29, 1.82) is 0 Å². The molecule has 3 aromatic carbocycles. The molecule has 0 aliphatic rings. The van der Waals surface area contributed by atoms with Crippen LogP contribution in [0.25, 0.3) is 10.8 Å². The van der Waals surface area contributed by atoms with Crippen LogP contribution < -0.4 is 0 Å². The van der Waals surface area contributed by atoms with Gasteiger partial charge in [0.2, 0.25) is 0 Å². The van der Waals surface area contributed by atoms with Crippen LogP contribution in [-0.4, -0.2) is 0 Å². The van der Waals surface area contributed by atoms with Crippen molar-refractivity contribution >= 4 is 26.7 Å². The summed E-state index contributed by atoms with van der Waals surface area (Å²) < 4.78 is 0. The Labute approximate surface area is 134 Å². The molecule has 1 heteroatoms. The highest BCUT2D eigenvalue weighted by Gasteiger charge is 2.10. The molecule has 0 radical (unpaired) electrons. The molecule has 0 bridgehead atoms. The molecule has 1 unspecified atom stereocenters. The maximum absolute atomic E-state index is 3.85. The minimum absolute atomic E-state index is 0.356. The molecule has 1 atom stereocenters. The molecule has 0 amide bonds. The Balaban J connectivity index is 1.87. The largest absolute Gasteiger partial charge is 0.0835 e. The Morgan fingerprint density at radius 1 is 0.857 bits per heavy atom. The summed E-state index contributed by atoms with van der Waals surface area (Å²) in [5, 5.41) is 2.67. The third-order valence-electron chi connectivity index (χ3n) is 4.03. The lowest BCUT2D eigenvalue weighted by atomic mass is 9.98. The van der Waals surface area contributed by atoms with Crippen LogP contribution in [0, 0.1) is 0 Å². The zero-order valence-electron chi connectivity index (χ0n) is 12.2. The van der Waals surface area contributed by atoms with E-state index >= 15 is 0 Å². The standard InChI is InChI=1S/C20H19Br/c1-2-15-10-12-17(13-11-15)20(21)14-18-8-5-7-16-6-3-4-9-19(16)18/h3-13,20H,2,14H2,1H3. The topological polar surface area (TPSA) is 0 Å². The summed E-state index contributed by atoms with van der Waals surface area (Å²) in [6.07, 6.45) is 2.10. The zero-order valence-corrected chi connectivity index (χ0v) is 13.8. The van der Waals surface area contributed by atoms with Crippen molar-refractivity contribution in [3.63, 3.8) is 0 Å². The van der Waals surface area contributed by atoms with E-state index in [1.54, 1.807) is 0 Å². The Kier molecular flexibility index (Phi) is 4.40. The van der Waals surface area contributed by atoms with Crippen molar-refractivity contribution in [2.45, 2.75) is 24.6 Å². The number of rotatable bonds is 4. The minimum atomic E-state index is 0.356. The molecule has 0 nitrogen and oxygen atoms in total. The Hall–Kier alpha value is -1.60. The fraction of sp³-hybridized carbons (Fsp3) is 0.200. The van der Waals surface area contributed by atoms with Crippen LogP contribution in [0.4, 0.5) is 0 Å². The number of alkyl halides is 1. The number of benzene rings is 3. The molecule has 0 aliphatic heterocycles. The molecule has 21 heavy (non-hydrogen) atoms. The van der Waals surface area contributed by atoms with Crippen LogP contribution in [0.1, 0.15) is 28.4 Å². The summed E-state index contributed by atoms with van der Waals surface area (Å²) in [6.45, 7) is 2.19. The van der Waals surface area contributed by atoms with E-state index in [0.29, 0.717) is 4.83 Å². The van der Waals surface area contributed by atoms with Crippen LogP contribution in [-0.2, 0) is 12.8 Å². The summed E-state index contributed by atoms with van der Waals surface area (Å²) in [6, 6.07) is 24.1. The van der Waals surface area contributed by atoms with Crippen LogP contribution >= 0.6 is 15.9 Å². The van der Waals surface area contributed by atoms with Crippen LogP contribution in [0.2, 0.25) is 0 Å². The molecule has 0 N–H and O–H groups in total. The van der Waals surface area contributed by atoms with E-state index in [1.165, 1.54) is 27.5 Å². The predicted molar refractivity (Wildman–Crippen MR) is 95.1 cm³/mol. The van der Waals surface area contributed by atoms with E-state index in [1.807, 2.05) is 0 Å². The normalized spacial score (nSPS) is 12.5. The molecule has 0 aromatic heterocycles. The molecule has 0 aliphatic carbocycles. The Morgan fingerprint density at radius 3 is 2.33 bits per heavy atom. The van der Waals surface area contributed by atoms with Gasteiger partial charge in [-0.05, 0) is 40.3 Å². The van der Waals surface area contributed by atoms with E-state index in [-0.39, 0.29) is 0 Å². The molecular weight excluding hydrogens is 320 g/mol. The second-order valence-electron chi connectivity index (χ2n) is 5.41. The summed E-state index contributed by atoms with van der Waals surface area (Å²) in [5.41, 5.74) is 4.14. The number of fused-ring (bicyclic) bond motifs is 1. The lowest BCUT2D eigenvalue weighted by molar-refractivity contribution is 0.954. The SMILES string of the molecule is CCc1ccc(C(Br)Cc2cccc3ccccc23)cc1. The molecule has 106 valence electrons. The maximum Gasteiger partial charge on any atom is 0.0435 e. The van der Waals surface area contributed by atoms with Crippen molar-refractivity contribution in [3.8, 4) is 0 Å². The summed E-state index contributed by atoms with van der Waals surface area (Å²) in [7, 11) is 0. The van der Waals surface area contributed by atoms with E-state index in [9.17, 15) is 0 Å². The van der Waals surface area contributed by atoms with Gasteiger partial charge in [0.1, 0.15) is 0 Å². The van der Waals surface area contributed by atoms with Gasteiger partial charge in [-0.25, -0.2) is 0 Å². The average molecular weight is 339 g/mol. The highest BCUT2D eigenvalue weighted by molar-refractivity contribution is 9.09. The first kappa shape index (κ1) is 14.3. The third kappa shape index (κ3) is 3.19. The maximum atomic E-state index is 3.85. The van der Waals surface area contributed by atoms with Gasteiger partial charge in [0.25, 0.3) is 0 Å². The van der Waals surface area contributed by atoms with Gasteiger partial charge in [0.05, 0.1) is 0 Å². The quantitative estimate of drug-likeness (QED) is 0.505. The first-order valence-corrected chi connectivity index (χ1v) is 8.39. The van der Waals surface area contributed by atoms with E-state index in [2.05, 4.69) is 89.6 Å². The number of halogens is 1. The first-order chi connectivity index (χ1) is 10.3. The van der Waals surface area contributed by atoms with Crippen molar-refractivity contribution in [2.75, 3.05) is 0 Å². The molecular formula is C20H19Br. The lowest BCUT2D eigenvalue weighted by Crippen LogP contribution is -1.96. The van der Waals surface area contributed by atoms with Crippen molar-refractivity contribution in [3.05, 3.63) is 83.4 Å². The lowest BCUT2D eigenvalue weighted by Gasteiger charge is -2.13. The molecule has 0 saturated heterocycles. The second kappa shape index (κ2) is 6.44. The Morgan fingerprint density at radius 2 is 1.57 bits per heavy atom. The van der Waals surface area contributed by atoms with Gasteiger partial charge in [-0.1, -0.05) is 89.6 Å². The fourth-order valence-corrected chi connectivity index (χ4v) is 3.40. The summed E-state index contributed by atoms with van der Waals surface area (Å²) in [5.74, 6) is 0. The predicted octanol–water partition coefficient (Wildman–Crippen LogP) is 6.08. The van der Waals surface area contributed by atoms with Crippen LogP contribution in [0.5, 0.6) is 0 Å². The fourth-order valence-electron chi connectivity index (χ4n) is 2.74. The monoisotopic (exact) mass is 338 g/mol. The van der Waals surface area contributed by atoms with Crippen LogP contribution in [0.15, 0.2) is 66.7 Å². The van der Waals surface area contributed by atoms with Gasteiger partial charge in [0, 0.05) is 4.83 Å². The van der Waals surface area contributed by atoms with Gasteiger partial charge in [-0.15, -0.1) is 0 Å². The van der Waals surface area contributed by atoms with Gasteiger partial charge < -0.3 is 0 Å². The average Bonchev–Trinajstić information content (AvgIpc) is 2.55. The first-order valence-electron chi connectivity index (χ1n) is 7.47. The van der Waals surface area contributed by atoms with E-state index in [4.69, 9.17) is 0 Å². The summed E-state index contributed by atoms with van der Waals surface area (Å²) in [4.78, 5) is 0.356. The number of hydrogen-bond donors (Lipinski definition) is 0. The molecule has 0 fully saturated rings. The van der Waals surface area contributed by atoms with E-state index < -0.39 is 0 Å². The van der Waals surface area contributed by atoms with E-state index in [0.717, 1.165) is 12.8 Å². The van der Waals surface area contributed by atoms with Gasteiger partial charge in [0.15, 0.2) is 0 Å². The second-order valence-corrected chi connectivity index (χ2v) is 6.51. The summed E-state index contributed by atoms with van der Waals surface area (Å²) >= 11 is 3.85. The molecule has 0 saturated carbocycles. The van der Waals surface area contributed by atoms with Gasteiger partial charge in [-0.2, -0.15) is 0 Å². The van der Waals surface area contributed by atoms with Gasteiger partial charge in [-0.3, -0.25) is 0 Å². The molecule has 0 heterocycles. The van der Waals surface area contributed by atoms with Crippen LogP contribution in [0.3, 0.4) is 0 Å². The highest BCUT2D eigenvalue weighted by atomic mass is 79.9. The minimum Gasteiger partial charge on any atom is -0.0835 e. The number of aryl methyl sites for hydroxylation is 1. The molecule has 0 spiro atoms. The number of hydrogen-bond acceptors (Lipinski definition) is 0. The smallest absolute Gasteiger partial charge is 0.0435 e. The third-order valence-corrected chi connectivity index (χ3v) is 4.88. The Bertz CT molecular complexity index is 723. The van der Waals surface area contributed by atoms with Crippen molar-refractivity contribution in [2.24, 2.45) is 0 Å². The molecule has 3 aromatic rings. The molecule has 3 rings (SSSR count). The highest BCUT2D eigenvalue weighted by Crippen LogP contribution is 2.30. The van der Waals surface area contributed by atoms with Crippen molar-refractivity contribution < 1.29 is 0 Å².